The number of nitrogens with one attached hydrogen (secondary N) is 1. The van der Waals surface area contributed by atoms with Crippen molar-refractivity contribution in [1.82, 2.24) is 5.32 Å². The normalized spacial score (nSPS) is 12.1. The highest BCUT2D eigenvalue weighted by Crippen LogP contribution is 2.27. The standard InChI is InChI=1S/C18H23NO5/c1-4-7-12(2)19-16(20)11-23-18(21)17-14(10-22-3)13-8-5-6-9-15(13)24-17/h5-6,8-9,12H,4,7,10-11H2,1-3H3,(H,19,20)/t12-/m1/s1. The van der Waals surface area contributed by atoms with Crippen LogP contribution in [0.1, 0.15) is 42.8 Å². The summed E-state index contributed by atoms with van der Waals surface area (Å²) >= 11 is 0. The number of carbonyl (C=O) groups excluding carboxylic acids is 2. The molecule has 0 radical (unpaired) electrons. The number of esters is 1. The second-order valence-corrected chi connectivity index (χ2v) is 5.67. The molecule has 0 fully saturated rings. The third-order valence-electron chi connectivity index (χ3n) is 3.64. The second kappa shape index (κ2) is 8.49. The fourth-order valence-electron chi connectivity index (χ4n) is 2.57. The predicted molar refractivity (Wildman–Crippen MR) is 89.7 cm³/mol. The van der Waals surface area contributed by atoms with Crippen LogP contribution in [0.25, 0.3) is 11.0 Å². The average molecular weight is 333 g/mol. The summed E-state index contributed by atoms with van der Waals surface area (Å²) in [6.07, 6.45) is 1.85. The molecule has 1 aromatic heterocycles. The van der Waals surface area contributed by atoms with Gasteiger partial charge in [0.15, 0.2) is 6.61 Å². The Balaban J connectivity index is 2.05. The topological polar surface area (TPSA) is 77.8 Å². The van der Waals surface area contributed by atoms with E-state index in [1.54, 1.807) is 13.2 Å². The van der Waals surface area contributed by atoms with Gasteiger partial charge >= 0.3 is 5.97 Å². The van der Waals surface area contributed by atoms with Crippen molar-refractivity contribution < 1.29 is 23.5 Å². The van der Waals surface area contributed by atoms with E-state index < -0.39 is 5.97 Å². The quantitative estimate of drug-likeness (QED) is 0.751. The van der Waals surface area contributed by atoms with Crippen LogP contribution in [0.15, 0.2) is 28.7 Å². The van der Waals surface area contributed by atoms with E-state index in [1.165, 1.54) is 0 Å². The lowest BCUT2D eigenvalue weighted by Crippen LogP contribution is -2.35. The smallest absolute Gasteiger partial charge is 0.375 e. The molecular weight excluding hydrogens is 310 g/mol. The van der Waals surface area contributed by atoms with Crippen molar-refractivity contribution in [3.63, 3.8) is 0 Å². The van der Waals surface area contributed by atoms with Crippen molar-refractivity contribution in [1.29, 1.82) is 0 Å². The van der Waals surface area contributed by atoms with E-state index in [2.05, 4.69) is 5.32 Å². The lowest BCUT2D eigenvalue weighted by Gasteiger charge is -2.12. The molecule has 24 heavy (non-hydrogen) atoms. The summed E-state index contributed by atoms with van der Waals surface area (Å²) in [6.45, 7) is 3.85. The SMILES string of the molecule is CCC[C@@H](C)NC(=O)COC(=O)c1oc2ccccc2c1COC. The van der Waals surface area contributed by atoms with Gasteiger partial charge in [-0.25, -0.2) is 4.79 Å². The van der Waals surface area contributed by atoms with Gasteiger partial charge in [-0.05, 0) is 19.4 Å². The number of hydrogen-bond acceptors (Lipinski definition) is 5. The Hall–Kier alpha value is -2.34. The number of furan rings is 1. The van der Waals surface area contributed by atoms with Crippen LogP contribution in [-0.4, -0.2) is 31.6 Å². The van der Waals surface area contributed by atoms with Gasteiger partial charge in [0, 0.05) is 24.1 Å². The van der Waals surface area contributed by atoms with Gasteiger partial charge in [0.1, 0.15) is 5.58 Å². The fourth-order valence-corrected chi connectivity index (χ4v) is 2.57. The minimum absolute atomic E-state index is 0.0523. The summed E-state index contributed by atoms with van der Waals surface area (Å²) in [7, 11) is 1.54. The lowest BCUT2D eigenvalue weighted by molar-refractivity contribution is -0.124. The molecule has 1 aromatic carbocycles. The Labute approximate surface area is 141 Å². The number of rotatable bonds is 8. The van der Waals surface area contributed by atoms with Gasteiger partial charge in [-0.3, -0.25) is 4.79 Å². The van der Waals surface area contributed by atoms with Crippen LogP contribution in [0, 0.1) is 0 Å². The number of benzene rings is 1. The molecule has 0 aliphatic heterocycles. The monoisotopic (exact) mass is 333 g/mol. The molecule has 0 saturated carbocycles. The Bertz CT molecular complexity index is 706. The van der Waals surface area contributed by atoms with Crippen LogP contribution in [0.2, 0.25) is 0 Å². The number of para-hydroxylation sites is 1. The van der Waals surface area contributed by atoms with E-state index in [0.29, 0.717) is 11.1 Å². The first kappa shape index (κ1) is 18.0. The van der Waals surface area contributed by atoms with Crippen molar-refractivity contribution in [2.75, 3.05) is 13.7 Å². The molecule has 2 rings (SSSR count). The van der Waals surface area contributed by atoms with Crippen LogP contribution in [0.4, 0.5) is 0 Å². The maximum Gasteiger partial charge on any atom is 0.375 e. The Kier molecular flexibility index (Phi) is 6.37. The van der Waals surface area contributed by atoms with Crippen LogP contribution >= 0.6 is 0 Å². The third kappa shape index (κ3) is 4.35. The Morgan fingerprint density at radius 3 is 2.75 bits per heavy atom. The van der Waals surface area contributed by atoms with E-state index in [9.17, 15) is 9.59 Å². The van der Waals surface area contributed by atoms with Gasteiger partial charge < -0.3 is 19.2 Å². The molecule has 1 N–H and O–H groups in total. The summed E-state index contributed by atoms with van der Waals surface area (Å²) < 4.78 is 15.8. The van der Waals surface area contributed by atoms with E-state index in [4.69, 9.17) is 13.9 Å². The molecule has 1 atom stereocenters. The van der Waals surface area contributed by atoms with Gasteiger partial charge in [0.2, 0.25) is 5.76 Å². The molecular formula is C18H23NO5. The van der Waals surface area contributed by atoms with Crippen molar-refractivity contribution in [3.05, 3.63) is 35.6 Å². The van der Waals surface area contributed by atoms with Crippen LogP contribution < -0.4 is 5.32 Å². The summed E-state index contributed by atoms with van der Waals surface area (Å²) in [5.41, 5.74) is 1.20. The molecule has 0 aliphatic carbocycles. The highest BCUT2D eigenvalue weighted by Gasteiger charge is 2.22. The number of amides is 1. The summed E-state index contributed by atoms with van der Waals surface area (Å²) in [6, 6.07) is 7.35. The number of fused-ring (bicyclic) bond motifs is 1. The van der Waals surface area contributed by atoms with E-state index in [-0.39, 0.29) is 30.9 Å². The van der Waals surface area contributed by atoms with Crippen LogP contribution in [0.3, 0.4) is 0 Å². The maximum atomic E-state index is 12.3. The first-order valence-electron chi connectivity index (χ1n) is 8.02. The maximum absolute atomic E-state index is 12.3. The van der Waals surface area contributed by atoms with Gasteiger partial charge in [0.25, 0.3) is 5.91 Å². The molecule has 0 bridgehead atoms. The van der Waals surface area contributed by atoms with Crippen molar-refractivity contribution in [2.45, 2.75) is 39.3 Å². The Morgan fingerprint density at radius 2 is 2.04 bits per heavy atom. The summed E-state index contributed by atoms with van der Waals surface area (Å²) in [5.74, 6) is -0.919. The molecule has 6 nitrogen and oxygen atoms in total. The molecule has 0 aliphatic rings. The zero-order valence-corrected chi connectivity index (χ0v) is 14.3. The summed E-state index contributed by atoms with van der Waals surface area (Å²) in [5, 5.41) is 3.58. The van der Waals surface area contributed by atoms with Gasteiger partial charge in [-0.15, -0.1) is 0 Å². The van der Waals surface area contributed by atoms with Crippen molar-refractivity contribution >= 4 is 22.8 Å². The Morgan fingerprint density at radius 1 is 1.29 bits per heavy atom. The lowest BCUT2D eigenvalue weighted by atomic mass is 10.1. The minimum Gasteiger partial charge on any atom is -0.450 e. The van der Waals surface area contributed by atoms with E-state index >= 15 is 0 Å². The molecule has 6 heteroatoms. The third-order valence-corrected chi connectivity index (χ3v) is 3.64. The molecule has 0 spiro atoms. The molecule has 0 unspecified atom stereocenters. The largest absolute Gasteiger partial charge is 0.450 e. The number of ether oxygens (including phenoxy) is 2. The molecule has 0 saturated heterocycles. The first-order valence-corrected chi connectivity index (χ1v) is 8.02. The van der Waals surface area contributed by atoms with Crippen molar-refractivity contribution in [2.24, 2.45) is 0 Å². The number of hydrogen-bond donors (Lipinski definition) is 1. The first-order chi connectivity index (χ1) is 11.6. The second-order valence-electron chi connectivity index (χ2n) is 5.67. The average Bonchev–Trinajstić information content (AvgIpc) is 2.92. The molecule has 2 aromatic rings. The van der Waals surface area contributed by atoms with E-state index in [0.717, 1.165) is 18.2 Å². The van der Waals surface area contributed by atoms with Crippen molar-refractivity contribution in [3.8, 4) is 0 Å². The molecule has 130 valence electrons. The zero-order valence-electron chi connectivity index (χ0n) is 14.3. The van der Waals surface area contributed by atoms with Gasteiger partial charge in [0.05, 0.1) is 6.61 Å². The highest BCUT2D eigenvalue weighted by molar-refractivity contribution is 5.96. The van der Waals surface area contributed by atoms with E-state index in [1.807, 2.05) is 32.0 Å². The van der Waals surface area contributed by atoms with Gasteiger partial charge in [-0.2, -0.15) is 0 Å². The fraction of sp³-hybridized carbons (Fsp3) is 0.444. The highest BCUT2D eigenvalue weighted by atomic mass is 16.5. The number of methoxy groups -OCH3 is 1. The summed E-state index contributed by atoms with van der Waals surface area (Å²) in [4.78, 5) is 24.1. The van der Waals surface area contributed by atoms with Crippen LogP contribution in [-0.2, 0) is 20.9 Å². The molecule has 1 amide bonds. The zero-order chi connectivity index (χ0) is 17.5. The predicted octanol–water partition coefficient (Wildman–Crippen LogP) is 3.04. The van der Waals surface area contributed by atoms with Gasteiger partial charge in [-0.1, -0.05) is 31.5 Å². The molecule has 1 heterocycles. The van der Waals surface area contributed by atoms with Crippen LogP contribution in [0.5, 0.6) is 0 Å². The minimum atomic E-state index is -0.670. The number of carbonyl (C=O) groups is 2.